The van der Waals surface area contributed by atoms with E-state index in [2.05, 4.69) is 4.90 Å². The average molecular weight is 216 g/mol. The first-order valence-corrected chi connectivity index (χ1v) is 5.39. The Kier molecular flexibility index (Phi) is 4.50. The Labute approximate surface area is 89.9 Å². The third-order valence-corrected chi connectivity index (χ3v) is 3.09. The highest BCUT2D eigenvalue weighted by atomic mass is 16.4. The minimum Gasteiger partial charge on any atom is -0.480 e. The van der Waals surface area contributed by atoms with E-state index < -0.39 is 12.0 Å². The molecule has 0 aromatic heterocycles. The van der Waals surface area contributed by atoms with Crippen LogP contribution < -0.4 is 5.73 Å². The highest BCUT2D eigenvalue weighted by molar-refractivity contribution is 5.73. The van der Waals surface area contributed by atoms with Crippen LogP contribution in [0, 0.1) is 5.92 Å². The Bertz CT molecular complexity index is 213. The van der Waals surface area contributed by atoms with Crippen molar-refractivity contribution < 1.29 is 15.0 Å². The fourth-order valence-corrected chi connectivity index (χ4v) is 1.97. The van der Waals surface area contributed by atoms with Gasteiger partial charge in [0.15, 0.2) is 0 Å². The number of aliphatic hydroxyl groups excluding tert-OH is 1. The van der Waals surface area contributed by atoms with Crippen molar-refractivity contribution in [1.82, 2.24) is 4.90 Å². The van der Waals surface area contributed by atoms with Crippen molar-refractivity contribution in [2.45, 2.75) is 31.9 Å². The molecule has 0 aromatic rings. The predicted octanol–water partition coefficient (Wildman–Crippen LogP) is -0.509. The Hall–Kier alpha value is -0.650. The summed E-state index contributed by atoms with van der Waals surface area (Å²) in [5.41, 5.74) is 5.45. The van der Waals surface area contributed by atoms with E-state index in [1.807, 2.05) is 6.92 Å². The topological polar surface area (TPSA) is 86.8 Å². The smallest absolute Gasteiger partial charge is 0.321 e. The Morgan fingerprint density at radius 2 is 2.07 bits per heavy atom. The number of nitrogens with two attached hydrogens (primary N) is 1. The van der Waals surface area contributed by atoms with Crippen molar-refractivity contribution in [3.8, 4) is 0 Å². The summed E-state index contributed by atoms with van der Waals surface area (Å²) in [5, 5.41) is 18.1. The van der Waals surface area contributed by atoms with Gasteiger partial charge in [-0.25, -0.2) is 0 Å². The van der Waals surface area contributed by atoms with E-state index in [0.717, 1.165) is 25.9 Å². The summed E-state index contributed by atoms with van der Waals surface area (Å²) in [6.45, 7) is 3.87. The molecule has 0 bridgehead atoms. The van der Waals surface area contributed by atoms with E-state index in [9.17, 15) is 9.90 Å². The van der Waals surface area contributed by atoms with Gasteiger partial charge in [0.1, 0.15) is 6.04 Å². The van der Waals surface area contributed by atoms with Crippen LogP contribution in [0.3, 0.4) is 0 Å². The Morgan fingerprint density at radius 1 is 1.53 bits per heavy atom. The minimum absolute atomic E-state index is 0.264. The molecule has 5 nitrogen and oxygen atoms in total. The molecular weight excluding hydrogens is 196 g/mol. The number of aliphatic carboxylic acids is 1. The lowest BCUT2D eigenvalue weighted by molar-refractivity contribution is -0.139. The normalized spacial score (nSPS) is 23.7. The predicted molar refractivity (Wildman–Crippen MR) is 56.5 cm³/mol. The average Bonchev–Trinajstić information content (AvgIpc) is 2.18. The number of piperidine rings is 1. The fraction of sp³-hybridized carbons (Fsp3) is 0.900. The summed E-state index contributed by atoms with van der Waals surface area (Å²) < 4.78 is 0. The summed E-state index contributed by atoms with van der Waals surface area (Å²) in [6, 6.07) is -0.798. The van der Waals surface area contributed by atoms with Gasteiger partial charge in [0.25, 0.3) is 0 Å². The van der Waals surface area contributed by atoms with E-state index in [1.165, 1.54) is 0 Å². The van der Waals surface area contributed by atoms with Crippen LogP contribution in [0.1, 0.15) is 19.8 Å². The third kappa shape index (κ3) is 3.77. The largest absolute Gasteiger partial charge is 0.480 e. The number of rotatable bonds is 4. The molecule has 0 aliphatic carbocycles. The van der Waals surface area contributed by atoms with Gasteiger partial charge in [-0.3, -0.25) is 4.79 Å². The molecule has 4 N–H and O–H groups in total. The zero-order chi connectivity index (χ0) is 11.4. The quantitative estimate of drug-likeness (QED) is 0.589. The second-order valence-electron chi connectivity index (χ2n) is 4.32. The first-order valence-electron chi connectivity index (χ1n) is 5.39. The SMILES string of the molecule is CC(O)C1CCN(CC(N)C(=O)O)CC1. The monoisotopic (exact) mass is 216 g/mol. The van der Waals surface area contributed by atoms with Gasteiger partial charge < -0.3 is 20.8 Å². The lowest BCUT2D eigenvalue weighted by Gasteiger charge is -2.33. The highest BCUT2D eigenvalue weighted by Crippen LogP contribution is 2.20. The number of carbonyl (C=O) groups is 1. The molecule has 1 aliphatic rings. The van der Waals surface area contributed by atoms with Crippen LogP contribution in [0.15, 0.2) is 0 Å². The molecule has 1 rings (SSSR count). The van der Waals surface area contributed by atoms with Gasteiger partial charge in [-0.15, -0.1) is 0 Å². The number of carboxylic acid groups (broad SMARTS) is 1. The highest BCUT2D eigenvalue weighted by Gasteiger charge is 2.24. The zero-order valence-corrected chi connectivity index (χ0v) is 9.09. The molecule has 1 fully saturated rings. The van der Waals surface area contributed by atoms with Crippen LogP contribution in [0.25, 0.3) is 0 Å². The standard InChI is InChI=1S/C10H20N2O3/c1-7(13)8-2-4-12(5-3-8)6-9(11)10(14)15/h7-9,13H,2-6,11H2,1H3,(H,14,15). The number of nitrogens with zero attached hydrogens (tertiary/aromatic N) is 1. The van der Waals surface area contributed by atoms with Crippen molar-refractivity contribution in [1.29, 1.82) is 0 Å². The maximum atomic E-state index is 10.6. The van der Waals surface area contributed by atoms with E-state index >= 15 is 0 Å². The molecule has 2 unspecified atom stereocenters. The van der Waals surface area contributed by atoms with Crippen molar-refractivity contribution >= 4 is 5.97 Å². The number of likely N-dealkylation sites (tertiary alicyclic amines) is 1. The summed E-state index contributed by atoms with van der Waals surface area (Å²) in [5.74, 6) is -0.602. The minimum atomic E-state index is -0.951. The van der Waals surface area contributed by atoms with Gasteiger partial charge in [-0.2, -0.15) is 0 Å². The van der Waals surface area contributed by atoms with Crippen LogP contribution in [-0.2, 0) is 4.79 Å². The molecule has 0 amide bonds. The maximum Gasteiger partial charge on any atom is 0.321 e. The van der Waals surface area contributed by atoms with Crippen LogP contribution in [0.5, 0.6) is 0 Å². The van der Waals surface area contributed by atoms with Crippen LogP contribution in [-0.4, -0.2) is 52.9 Å². The molecule has 2 atom stereocenters. The van der Waals surface area contributed by atoms with Gasteiger partial charge in [0.2, 0.25) is 0 Å². The molecule has 1 aliphatic heterocycles. The molecule has 5 heteroatoms. The summed E-state index contributed by atoms with van der Waals surface area (Å²) >= 11 is 0. The number of carboxylic acids is 1. The summed E-state index contributed by atoms with van der Waals surface area (Å²) in [4.78, 5) is 12.6. The van der Waals surface area contributed by atoms with Gasteiger partial charge in [-0.1, -0.05) is 0 Å². The van der Waals surface area contributed by atoms with Gasteiger partial charge in [0.05, 0.1) is 6.10 Å². The van der Waals surface area contributed by atoms with Crippen LogP contribution in [0.2, 0.25) is 0 Å². The first kappa shape index (κ1) is 12.4. The van der Waals surface area contributed by atoms with Gasteiger partial charge >= 0.3 is 5.97 Å². The molecule has 88 valence electrons. The number of aliphatic hydroxyl groups is 1. The molecule has 15 heavy (non-hydrogen) atoms. The molecule has 1 heterocycles. The Morgan fingerprint density at radius 3 is 2.47 bits per heavy atom. The Balaban J connectivity index is 2.28. The fourth-order valence-electron chi connectivity index (χ4n) is 1.97. The second kappa shape index (κ2) is 5.44. The van der Waals surface area contributed by atoms with Crippen molar-refractivity contribution in [3.63, 3.8) is 0 Å². The van der Waals surface area contributed by atoms with Gasteiger partial charge in [-0.05, 0) is 38.8 Å². The second-order valence-corrected chi connectivity index (χ2v) is 4.32. The molecule has 0 saturated carbocycles. The zero-order valence-electron chi connectivity index (χ0n) is 9.09. The molecule has 1 saturated heterocycles. The van der Waals surface area contributed by atoms with Crippen LogP contribution >= 0.6 is 0 Å². The van der Waals surface area contributed by atoms with Crippen molar-refractivity contribution in [3.05, 3.63) is 0 Å². The van der Waals surface area contributed by atoms with E-state index in [1.54, 1.807) is 0 Å². The molecular formula is C10H20N2O3. The lowest BCUT2D eigenvalue weighted by atomic mass is 9.92. The molecule has 0 aromatic carbocycles. The summed E-state index contributed by atoms with van der Waals surface area (Å²) in [7, 11) is 0. The van der Waals surface area contributed by atoms with Crippen molar-refractivity contribution in [2.75, 3.05) is 19.6 Å². The maximum absolute atomic E-state index is 10.6. The summed E-state index contributed by atoms with van der Waals surface area (Å²) in [6.07, 6.45) is 1.58. The van der Waals surface area contributed by atoms with Gasteiger partial charge in [0, 0.05) is 6.54 Å². The third-order valence-electron chi connectivity index (χ3n) is 3.09. The van der Waals surface area contributed by atoms with E-state index in [-0.39, 0.29) is 6.10 Å². The van der Waals surface area contributed by atoms with E-state index in [0.29, 0.717) is 12.5 Å². The van der Waals surface area contributed by atoms with E-state index in [4.69, 9.17) is 10.8 Å². The number of hydrogen-bond acceptors (Lipinski definition) is 4. The number of hydrogen-bond donors (Lipinski definition) is 3. The lowest BCUT2D eigenvalue weighted by Crippen LogP contribution is -2.46. The van der Waals surface area contributed by atoms with Crippen molar-refractivity contribution in [2.24, 2.45) is 11.7 Å². The molecule has 0 radical (unpaired) electrons. The molecule has 0 spiro atoms. The van der Waals surface area contributed by atoms with Crippen LogP contribution in [0.4, 0.5) is 0 Å². The first-order chi connectivity index (χ1) is 7.00.